The number of ether oxygens (including phenoxy) is 1. The number of Topliss-reactive ketones (excluding diaryl/α,β-unsaturated/α-hetero) is 2. The molecule has 0 aromatic carbocycles. The summed E-state index contributed by atoms with van der Waals surface area (Å²) in [7, 11) is -3.72. The van der Waals surface area contributed by atoms with Gasteiger partial charge < -0.3 is 9.84 Å². The smallest absolute Gasteiger partial charge is 0.433 e. The van der Waals surface area contributed by atoms with Gasteiger partial charge in [0, 0.05) is 17.4 Å². The molecule has 2 unspecified atom stereocenters. The molecule has 2 atom stereocenters. The molecule has 0 spiro atoms. The Morgan fingerprint density at radius 2 is 1.77 bits per heavy atom. The second-order valence-electron chi connectivity index (χ2n) is 7.43. The Kier molecular flexibility index (Phi) is 6.53. The summed E-state index contributed by atoms with van der Waals surface area (Å²) in [5.41, 5.74) is -2.24. The van der Waals surface area contributed by atoms with E-state index in [0.717, 1.165) is 12.3 Å². The van der Waals surface area contributed by atoms with E-state index in [1.165, 1.54) is 0 Å². The molecule has 2 fully saturated rings. The average Bonchev–Trinajstić information content (AvgIpc) is 3.12. The Hall–Kier alpha value is -2.31. The molecule has 0 radical (unpaired) electrons. The summed E-state index contributed by atoms with van der Waals surface area (Å²) in [5, 5.41) is 10.7. The first kappa shape index (κ1) is 23.4. The van der Waals surface area contributed by atoms with Crippen molar-refractivity contribution in [1.29, 1.82) is 0 Å². The van der Waals surface area contributed by atoms with Gasteiger partial charge in [-0.25, -0.2) is 4.98 Å². The van der Waals surface area contributed by atoms with Crippen molar-refractivity contribution in [3.63, 3.8) is 0 Å². The lowest BCUT2D eigenvalue weighted by molar-refractivity contribution is -0.141. The van der Waals surface area contributed by atoms with Crippen LogP contribution in [0, 0.1) is 11.8 Å². The number of carbonyl (C=O) groups is 2. The third-order valence-electron chi connectivity index (χ3n) is 5.19. The predicted molar refractivity (Wildman–Crippen MR) is 100 cm³/mol. The molecule has 170 valence electrons. The van der Waals surface area contributed by atoms with Gasteiger partial charge >= 0.3 is 6.18 Å². The summed E-state index contributed by atoms with van der Waals surface area (Å²) in [6, 6.07) is 1.57. The number of aliphatic hydroxyl groups is 1. The number of hydrogen-bond donors (Lipinski definition) is 1. The lowest BCUT2D eigenvalue weighted by Crippen LogP contribution is -2.30. The van der Waals surface area contributed by atoms with Crippen LogP contribution in [0.2, 0.25) is 0 Å². The average molecular weight is 463 g/mol. The molecule has 31 heavy (non-hydrogen) atoms. The maximum atomic E-state index is 13.1. The number of aromatic nitrogens is 1. The van der Waals surface area contributed by atoms with Crippen LogP contribution in [0.5, 0.6) is 0 Å². The molecule has 0 aliphatic heterocycles. The van der Waals surface area contributed by atoms with Crippen LogP contribution < -0.4 is 0 Å². The normalized spacial score (nSPS) is 21.6. The molecular weight excluding hydrogens is 443 g/mol. The largest absolute Gasteiger partial charge is 0.506 e. The van der Waals surface area contributed by atoms with E-state index in [9.17, 15) is 36.3 Å². The number of hydrogen-bond acceptors (Lipinski definition) is 8. The molecule has 1 aromatic rings. The Morgan fingerprint density at radius 3 is 2.32 bits per heavy atom. The SMILES string of the molecule is CS(=O)(=O)OCCOCc1nc(C(F)(F)F)ccc1C(O)=C1C(=O)C2CCC(C2)C1=O. The van der Waals surface area contributed by atoms with Crippen LogP contribution in [0.1, 0.15) is 36.2 Å². The van der Waals surface area contributed by atoms with Crippen LogP contribution in [-0.4, -0.2) is 49.5 Å². The highest BCUT2D eigenvalue weighted by Crippen LogP contribution is 2.42. The summed E-state index contributed by atoms with van der Waals surface area (Å²) in [4.78, 5) is 28.7. The zero-order valence-electron chi connectivity index (χ0n) is 16.4. The highest BCUT2D eigenvalue weighted by atomic mass is 32.2. The van der Waals surface area contributed by atoms with Crippen molar-refractivity contribution >= 4 is 27.4 Å². The molecule has 2 aliphatic rings. The van der Waals surface area contributed by atoms with Gasteiger partial charge in [-0.3, -0.25) is 13.8 Å². The van der Waals surface area contributed by atoms with E-state index in [2.05, 4.69) is 9.17 Å². The topological polar surface area (TPSA) is 120 Å². The first-order valence-electron chi connectivity index (χ1n) is 9.39. The van der Waals surface area contributed by atoms with Crippen molar-refractivity contribution in [3.05, 3.63) is 34.7 Å². The van der Waals surface area contributed by atoms with Crippen LogP contribution in [0.3, 0.4) is 0 Å². The number of ketones is 2. The second-order valence-corrected chi connectivity index (χ2v) is 9.07. The molecule has 0 saturated heterocycles. The van der Waals surface area contributed by atoms with Crippen LogP contribution in [0.15, 0.2) is 17.7 Å². The molecule has 2 aliphatic carbocycles. The molecule has 1 heterocycles. The molecule has 8 nitrogen and oxygen atoms in total. The van der Waals surface area contributed by atoms with E-state index in [1.54, 1.807) is 0 Å². The molecule has 1 N–H and O–H groups in total. The van der Waals surface area contributed by atoms with Gasteiger partial charge in [0.2, 0.25) is 0 Å². The number of carbonyl (C=O) groups excluding carboxylic acids is 2. The quantitative estimate of drug-likeness (QED) is 0.215. The van der Waals surface area contributed by atoms with E-state index < -0.39 is 63.3 Å². The summed E-state index contributed by atoms with van der Waals surface area (Å²) >= 11 is 0. The maximum absolute atomic E-state index is 13.1. The van der Waals surface area contributed by atoms with E-state index in [4.69, 9.17) is 4.74 Å². The van der Waals surface area contributed by atoms with Gasteiger partial charge in [0.1, 0.15) is 17.0 Å². The van der Waals surface area contributed by atoms with E-state index >= 15 is 0 Å². The van der Waals surface area contributed by atoms with E-state index in [0.29, 0.717) is 25.3 Å². The second kappa shape index (κ2) is 8.67. The fourth-order valence-corrected chi connectivity index (χ4v) is 4.12. The van der Waals surface area contributed by atoms with E-state index in [-0.39, 0.29) is 24.5 Å². The minimum atomic E-state index is -4.77. The van der Waals surface area contributed by atoms with Crippen molar-refractivity contribution in [3.8, 4) is 0 Å². The van der Waals surface area contributed by atoms with Gasteiger partial charge in [-0.05, 0) is 31.4 Å². The summed E-state index contributed by atoms with van der Waals surface area (Å²) < 4.78 is 70.8. The number of halogens is 3. The van der Waals surface area contributed by atoms with Crippen LogP contribution in [0.25, 0.3) is 5.76 Å². The van der Waals surface area contributed by atoms with Gasteiger partial charge in [0.25, 0.3) is 10.1 Å². The van der Waals surface area contributed by atoms with Gasteiger partial charge in [-0.15, -0.1) is 0 Å². The Balaban J connectivity index is 1.91. The van der Waals surface area contributed by atoms with Gasteiger partial charge in [0.15, 0.2) is 11.6 Å². The number of allylic oxidation sites excluding steroid dienone is 1. The fraction of sp³-hybridized carbons (Fsp3) is 0.526. The Bertz CT molecular complexity index is 1010. The van der Waals surface area contributed by atoms with Crippen molar-refractivity contribution in [1.82, 2.24) is 4.98 Å². The van der Waals surface area contributed by atoms with Crippen molar-refractivity contribution in [2.45, 2.75) is 32.0 Å². The van der Waals surface area contributed by atoms with Crippen LogP contribution in [0.4, 0.5) is 13.2 Å². The zero-order valence-corrected chi connectivity index (χ0v) is 17.3. The van der Waals surface area contributed by atoms with Gasteiger partial charge in [-0.1, -0.05) is 0 Å². The summed E-state index contributed by atoms with van der Waals surface area (Å²) in [5.74, 6) is -2.56. The summed E-state index contributed by atoms with van der Waals surface area (Å²) in [6.07, 6.45) is -2.49. The number of nitrogens with zero attached hydrogens (tertiary/aromatic N) is 1. The maximum Gasteiger partial charge on any atom is 0.433 e. The van der Waals surface area contributed by atoms with Crippen molar-refractivity contribution in [2.75, 3.05) is 19.5 Å². The number of pyridine rings is 1. The van der Waals surface area contributed by atoms with Gasteiger partial charge in [-0.2, -0.15) is 21.6 Å². The minimum Gasteiger partial charge on any atom is -0.506 e. The molecule has 2 saturated carbocycles. The third-order valence-corrected chi connectivity index (χ3v) is 5.78. The van der Waals surface area contributed by atoms with Crippen molar-refractivity contribution in [2.24, 2.45) is 11.8 Å². The molecule has 0 amide bonds. The summed E-state index contributed by atoms with van der Waals surface area (Å²) in [6.45, 7) is -1.21. The highest BCUT2D eigenvalue weighted by molar-refractivity contribution is 7.85. The fourth-order valence-electron chi connectivity index (χ4n) is 3.75. The molecular formula is C19H20F3NO7S. The molecule has 3 rings (SSSR count). The standard InChI is InChI=1S/C19H20F3NO7S/c1-31(27,28)30-7-6-29-9-13-12(4-5-14(23-13)19(20,21)22)18(26)15-16(24)10-2-3-11(8-10)17(15)25/h4-5,10-11,26H,2-3,6-9H2,1H3. The van der Waals surface area contributed by atoms with Crippen LogP contribution >= 0.6 is 0 Å². The van der Waals surface area contributed by atoms with Crippen molar-refractivity contribution < 1.29 is 45.2 Å². The Labute approximate surface area is 176 Å². The molecule has 1 aromatic heterocycles. The molecule has 2 bridgehead atoms. The monoisotopic (exact) mass is 463 g/mol. The number of aliphatic hydroxyl groups excluding tert-OH is 1. The molecule has 12 heteroatoms. The zero-order chi connectivity index (χ0) is 23.0. The Morgan fingerprint density at radius 1 is 1.16 bits per heavy atom. The number of fused-ring (bicyclic) bond motifs is 2. The highest BCUT2D eigenvalue weighted by Gasteiger charge is 2.45. The lowest BCUT2D eigenvalue weighted by Gasteiger charge is -2.21. The minimum absolute atomic E-state index is 0.227. The number of alkyl halides is 3. The lowest BCUT2D eigenvalue weighted by atomic mass is 9.81. The first-order chi connectivity index (χ1) is 14.4. The predicted octanol–water partition coefficient (Wildman–Crippen LogP) is 2.43. The van der Waals surface area contributed by atoms with Gasteiger partial charge in [0.05, 0.1) is 31.8 Å². The third kappa shape index (κ3) is 5.31. The van der Waals surface area contributed by atoms with Crippen LogP contribution in [-0.2, 0) is 41.4 Å². The first-order valence-corrected chi connectivity index (χ1v) is 11.2. The number of rotatable bonds is 7. The van der Waals surface area contributed by atoms with E-state index in [1.807, 2.05) is 0 Å².